The summed E-state index contributed by atoms with van der Waals surface area (Å²) < 4.78 is 40.7. The van der Waals surface area contributed by atoms with Crippen LogP contribution in [-0.4, -0.2) is 15.7 Å². The highest BCUT2D eigenvalue weighted by molar-refractivity contribution is 6.30. The summed E-state index contributed by atoms with van der Waals surface area (Å²) in [5, 5.41) is 16.8. The quantitative estimate of drug-likeness (QED) is 0.192. The number of anilines is 1. The lowest BCUT2D eigenvalue weighted by atomic mass is 10.1. The zero-order valence-corrected chi connectivity index (χ0v) is 17.6. The van der Waals surface area contributed by atoms with E-state index in [-0.39, 0.29) is 5.69 Å². The molecule has 0 aliphatic heterocycles. The number of alkyl halides is 3. The first-order valence-corrected chi connectivity index (χ1v) is 10.1. The van der Waals surface area contributed by atoms with E-state index in [0.717, 1.165) is 34.2 Å². The molecule has 10 heteroatoms. The second-order valence-corrected chi connectivity index (χ2v) is 7.65. The van der Waals surface area contributed by atoms with E-state index in [1.54, 1.807) is 0 Å². The Morgan fingerprint density at radius 2 is 1.82 bits per heavy atom. The fraction of sp³-hybridized carbons (Fsp3) is 0.0870. The maximum atomic E-state index is 12.9. The van der Waals surface area contributed by atoms with Gasteiger partial charge in [-0.05, 0) is 35.9 Å². The number of halogens is 4. The fourth-order valence-corrected chi connectivity index (χ4v) is 3.55. The van der Waals surface area contributed by atoms with Crippen molar-refractivity contribution in [2.75, 3.05) is 5.43 Å². The molecule has 6 nitrogen and oxygen atoms in total. The van der Waals surface area contributed by atoms with E-state index in [1.807, 2.05) is 59.3 Å². The summed E-state index contributed by atoms with van der Waals surface area (Å²) in [7, 11) is 0. The maximum Gasteiger partial charge on any atom is 0.416 e. The number of para-hydroxylation sites is 1. The van der Waals surface area contributed by atoms with Crippen LogP contribution in [0.1, 0.15) is 16.7 Å². The smallest absolute Gasteiger partial charge is 0.342 e. The number of benzene rings is 3. The van der Waals surface area contributed by atoms with Crippen molar-refractivity contribution < 1.29 is 18.1 Å². The van der Waals surface area contributed by atoms with E-state index in [1.165, 1.54) is 6.21 Å². The van der Waals surface area contributed by atoms with Gasteiger partial charge < -0.3 is 4.57 Å². The second-order valence-electron chi connectivity index (χ2n) is 7.21. The van der Waals surface area contributed by atoms with Crippen LogP contribution >= 0.6 is 11.6 Å². The van der Waals surface area contributed by atoms with Crippen LogP contribution in [0.4, 0.5) is 24.5 Å². The highest BCUT2D eigenvalue weighted by Gasteiger charge is 2.33. The summed E-state index contributed by atoms with van der Waals surface area (Å²) >= 11 is 5.95. The SMILES string of the molecule is O=[N+]([O-])c1cc(C(F)(F)F)ccc1N/N=C\c1cn(Cc2ccc(Cl)cc2)c2ccccc12. The van der Waals surface area contributed by atoms with Gasteiger partial charge in [0.2, 0.25) is 0 Å². The zero-order chi connectivity index (χ0) is 23.6. The average molecular weight is 473 g/mol. The van der Waals surface area contributed by atoms with Gasteiger partial charge in [-0.3, -0.25) is 15.5 Å². The lowest BCUT2D eigenvalue weighted by Gasteiger charge is -2.08. The summed E-state index contributed by atoms with van der Waals surface area (Å²) in [6.45, 7) is 0.587. The zero-order valence-electron chi connectivity index (χ0n) is 16.9. The van der Waals surface area contributed by atoms with Crippen LogP contribution in [0.25, 0.3) is 10.9 Å². The summed E-state index contributed by atoms with van der Waals surface area (Å²) in [4.78, 5) is 10.4. The van der Waals surface area contributed by atoms with Crippen molar-refractivity contribution in [2.24, 2.45) is 5.10 Å². The van der Waals surface area contributed by atoms with Gasteiger partial charge in [-0.15, -0.1) is 0 Å². The van der Waals surface area contributed by atoms with Crippen molar-refractivity contribution in [2.45, 2.75) is 12.7 Å². The van der Waals surface area contributed by atoms with Crippen molar-refractivity contribution in [1.29, 1.82) is 0 Å². The molecular weight excluding hydrogens is 457 g/mol. The predicted molar refractivity (Wildman–Crippen MR) is 122 cm³/mol. The number of fused-ring (bicyclic) bond motifs is 1. The number of nitro benzene ring substituents is 1. The number of aromatic nitrogens is 1. The Hall–Kier alpha value is -3.85. The Kier molecular flexibility index (Phi) is 6.06. The molecule has 1 heterocycles. The van der Waals surface area contributed by atoms with Gasteiger partial charge in [0, 0.05) is 40.3 Å². The standard InChI is InChI=1S/C23H16ClF3N4O2/c24-18-8-5-15(6-9-18)13-30-14-16(19-3-1-2-4-21(19)30)12-28-29-20-10-7-17(23(25,26)27)11-22(20)31(32)33/h1-12,14,29H,13H2/b28-12-. The van der Waals surface area contributed by atoms with Crippen LogP contribution in [0.15, 0.2) is 78.0 Å². The van der Waals surface area contributed by atoms with Crippen LogP contribution in [0.2, 0.25) is 5.02 Å². The molecule has 4 aromatic rings. The topological polar surface area (TPSA) is 72.5 Å². The Balaban J connectivity index is 1.61. The monoisotopic (exact) mass is 472 g/mol. The normalized spacial score (nSPS) is 11.9. The van der Waals surface area contributed by atoms with Crippen molar-refractivity contribution in [1.82, 2.24) is 4.57 Å². The Morgan fingerprint density at radius 1 is 1.09 bits per heavy atom. The summed E-state index contributed by atoms with van der Waals surface area (Å²) in [5.74, 6) is 0. The number of nitrogens with zero attached hydrogens (tertiary/aromatic N) is 3. The van der Waals surface area contributed by atoms with E-state index >= 15 is 0 Å². The minimum absolute atomic E-state index is 0.144. The van der Waals surface area contributed by atoms with E-state index in [9.17, 15) is 23.3 Å². The number of hydrogen-bond donors (Lipinski definition) is 1. The molecule has 168 valence electrons. The highest BCUT2D eigenvalue weighted by atomic mass is 35.5. The molecule has 1 N–H and O–H groups in total. The molecule has 4 rings (SSSR count). The van der Waals surface area contributed by atoms with Gasteiger partial charge in [0.25, 0.3) is 5.69 Å². The molecule has 3 aromatic carbocycles. The van der Waals surface area contributed by atoms with Crippen molar-refractivity contribution in [3.63, 3.8) is 0 Å². The number of nitrogens with one attached hydrogen (secondary N) is 1. The lowest BCUT2D eigenvalue weighted by Crippen LogP contribution is -2.06. The minimum atomic E-state index is -4.68. The Morgan fingerprint density at radius 3 is 2.52 bits per heavy atom. The molecule has 0 atom stereocenters. The molecule has 0 fully saturated rings. The molecular formula is C23H16ClF3N4O2. The van der Waals surface area contributed by atoms with Gasteiger partial charge in [-0.1, -0.05) is 41.9 Å². The van der Waals surface area contributed by atoms with E-state index in [4.69, 9.17) is 11.6 Å². The van der Waals surface area contributed by atoms with Crippen molar-refractivity contribution >= 4 is 40.1 Å². The van der Waals surface area contributed by atoms with Gasteiger partial charge in [0.1, 0.15) is 5.69 Å². The molecule has 0 saturated heterocycles. The molecule has 0 aliphatic carbocycles. The number of hydrazone groups is 1. The molecule has 0 aliphatic rings. The number of rotatable bonds is 6. The molecule has 0 bridgehead atoms. The summed E-state index contributed by atoms with van der Waals surface area (Å²) in [5.41, 5.74) is 3.26. The second kappa shape index (κ2) is 8.95. The number of hydrogen-bond acceptors (Lipinski definition) is 4. The molecule has 1 aromatic heterocycles. The minimum Gasteiger partial charge on any atom is -0.342 e. The average Bonchev–Trinajstić information content (AvgIpc) is 3.12. The molecule has 0 radical (unpaired) electrons. The third-order valence-electron chi connectivity index (χ3n) is 5.00. The van der Waals surface area contributed by atoms with E-state index in [2.05, 4.69) is 10.5 Å². The highest BCUT2D eigenvalue weighted by Crippen LogP contribution is 2.35. The van der Waals surface area contributed by atoms with Crippen LogP contribution in [0, 0.1) is 10.1 Å². The maximum absolute atomic E-state index is 12.9. The first kappa shape index (κ1) is 22.3. The molecule has 0 spiro atoms. The molecule has 33 heavy (non-hydrogen) atoms. The Bertz CT molecular complexity index is 1350. The van der Waals surface area contributed by atoms with Gasteiger partial charge in [-0.2, -0.15) is 18.3 Å². The Labute approximate surface area is 191 Å². The first-order valence-electron chi connectivity index (χ1n) is 9.69. The molecule has 0 saturated carbocycles. The largest absolute Gasteiger partial charge is 0.416 e. The van der Waals surface area contributed by atoms with Gasteiger partial charge in [0.05, 0.1) is 16.7 Å². The summed E-state index contributed by atoms with van der Waals surface area (Å²) in [6, 6.07) is 17.4. The van der Waals surface area contributed by atoms with Gasteiger partial charge >= 0.3 is 6.18 Å². The lowest BCUT2D eigenvalue weighted by molar-refractivity contribution is -0.384. The first-order chi connectivity index (χ1) is 15.7. The van der Waals surface area contributed by atoms with Gasteiger partial charge in [-0.25, -0.2) is 0 Å². The predicted octanol–water partition coefficient (Wildman–Crippen LogP) is 6.72. The third-order valence-corrected chi connectivity index (χ3v) is 5.25. The fourth-order valence-electron chi connectivity index (χ4n) is 3.42. The van der Waals surface area contributed by atoms with Crippen LogP contribution < -0.4 is 5.43 Å². The van der Waals surface area contributed by atoms with Crippen LogP contribution in [0.5, 0.6) is 0 Å². The van der Waals surface area contributed by atoms with Crippen LogP contribution in [-0.2, 0) is 12.7 Å². The number of nitro groups is 1. The molecule has 0 amide bonds. The van der Waals surface area contributed by atoms with E-state index in [0.29, 0.717) is 17.6 Å². The molecule has 0 unspecified atom stereocenters. The summed E-state index contributed by atoms with van der Waals surface area (Å²) in [6.07, 6.45) is -1.33. The van der Waals surface area contributed by atoms with Crippen LogP contribution in [0.3, 0.4) is 0 Å². The van der Waals surface area contributed by atoms with Gasteiger partial charge in [0.15, 0.2) is 0 Å². The van der Waals surface area contributed by atoms with Crippen molar-refractivity contribution in [3.8, 4) is 0 Å². The van der Waals surface area contributed by atoms with Crippen molar-refractivity contribution in [3.05, 3.63) is 105 Å². The van der Waals surface area contributed by atoms with E-state index < -0.39 is 22.4 Å². The third kappa shape index (κ3) is 4.98.